The Labute approximate surface area is 255 Å². The van der Waals surface area contributed by atoms with E-state index in [1.54, 1.807) is 26.8 Å². The van der Waals surface area contributed by atoms with Crippen LogP contribution in [-0.4, -0.2) is 55.4 Å². The van der Waals surface area contributed by atoms with Crippen molar-refractivity contribution >= 4 is 69.3 Å². The van der Waals surface area contributed by atoms with Crippen molar-refractivity contribution < 1.29 is 33.9 Å². The molecule has 1 saturated heterocycles. The number of esters is 1. The second kappa shape index (κ2) is 14.1. The van der Waals surface area contributed by atoms with E-state index in [0.717, 1.165) is 4.21 Å². The fourth-order valence-electron chi connectivity index (χ4n) is 3.69. The maximum absolute atomic E-state index is 13.8. The number of aliphatic hydroxyl groups is 1. The van der Waals surface area contributed by atoms with E-state index in [1.807, 2.05) is 18.6 Å². The maximum atomic E-state index is 13.8. The summed E-state index contributed by atoms with van der Waals surface area (Å²) in [5, 5.41) is 22.1. The molecule has 1 N–H and O–H groups in total. The van der Waals surface area contributed by atoms with Crippen LogP contribution < -0.4 is 4.74 Å². The van der Waals surface area contributed by atoms with E-state index >= 15 is 0 Å². The van der Waals surface area contributed by atoms with Gasteiger partial charge in [0.15, 0.2) is 16.5 Å². The van der Waals surface area contributed by atoms with Gasteiger partial charge in [-0.15, -0.1) is 34.9 Å². The van der Waals surface area contributed by atoms with E-state index in [-0.39, 0.29) is 28.2 Å². The number of hydrogen-bond acceptors (Lipinski definition) is 12. The van der Waals surface area contributed by atoms with Gasteiger partial charge in [0, 0.05) is 17.5 Å². The molecule has 3 rings (SSSR count). The molecule has 0 radical (unpaired) electrons. The molecule has 0 unspecified atom stereocenters. The normalized spacial score (nSPS) is 18.3. The largest absolute Gasteiger partial charge is 0.456 e. The van der Waals surface area contributed by atoms with Crippen LogP contribution >= 0.6 is 46.6 Å². The summed E-state index contributed by atoms with van der Waals surface area (Å²) in [6.07, 6.45) is 0.906. The lowest BCUT2D eigenvalue weighted by Gasteiger charge is -2.48. The molecule has 2 aromatic rings. The molecule has 0 spiro atoms. The number of thioether (sulfide) groups is 3. The molecular weight excluding hydrogens is 609 g/mol. The number of thiophene rings is 1. The number of nitrogens with zero attached hydrogens (tertiary/aromatic N) is 2. The fraction of sp³-hybridized carbons (Fsp3) is 0.444. The predicted octanol–water partition coefficient (Wildman–Crippen LogP) is 5.89. The second-order valence-electron chi connectivity index (χ2n) is 9.97. The van der Waals surface area contributed by atoms with Gasteiger partial charge in [-0.1, -0.05) is 27.7 Å². The smallest absolute Gasteiger partial charge is 0.359 e. The Balaban J connectivity index is 2.10. The van der Waals surface area contributed by atoms with Crippen LogP contribution in [0.4, 0.5) is 5.69 Å². The molecule has 0 aliphatic carbocycles. The summed E-state index contributed by atoms with van der Waals surface area (Å²) in [4.78, 5) is 52.1. The Morgan fingerprint density at radius 2 is 1.88 bits per heavy atom. The van der Waals surface area contributed by atoms with Gasteiger partial charge in [-0.3, -0.25) is 24.6 Å². The molecule has 0 bridgehead atoms. The average Bonchev–Trinajstić information content (AvgIpc) is 3.36. The highest BCUT2D eigenvalue weighted by molar-refractivity contribution is 8.16. The van der Waals surface area contributed by atoms with Gasteiger partial charge in [0.1, 0.15) is 10.8 Å². The zero-order valence-electron chi connectivity index (χ0n) is 23.4. The number of amides is 1. The average molecular weight is 641 g/mol. The minimum absolute atomic E-state index is 0.105. The number of nitro benzene ring substituents is 1. The molecule has 41 heavy (non-hydrogen) atoms. The van der Waals surface area contributed by atoms with Gasteiger partial charge in [0.05, 0.1) is 22.3 Å². The molecule has 1 fully saturated rings. The van der Waals surface area contributed by atoms with Crippen molar-refractivity contribution in [3.05, 3.63) is 62.2 Å². The number of aliphatic hydroxyl groups excluding tert-OH is 1. The minimum atomic E-state index is -0.964. The quantitative estimate of drug-likeness (QED) is 0.0565. The van der Waals surface area contributed by atoms with Crippen molar-refractivity contribution in [2.75, 3.05) is 12.0 Å². The summed E-state index contributed by atoms with van der Waals surface area (Å²) >= 11 is 4.95. The van der Waals surface area contributed by atoms with Crippen molar-refractivity contribution in [1.29, 1.82) is 0 Å². The molecule has 3 atom stereocenters. The monoisotopic (exact) mass is 640 g/mol. The van der Waals surface area contributed by atoms with E-state index in [0.29, 0.717) is 28.8 Å². The maximum Gasteiger partial charge on any atom is 0.359 e. The molecule has 14 heteroatoms. The summed E-state index contributed by atoms with van der Waals surface area (Å²) in [6.45, 7) is 8.38. The molecule has 1 aromatic carbocycles. The van der Waals surface area contributed by atoms with Gasteiger partial charge in [0.2, 0.25) is 11.0 Å². The zero-order chi connectivity index (χ0) is 30.5. The summed E-state index contributed by atoms with van der Waals surface area (Å²) in [5.74, 6) is -1.15. The number of hydrogen-bond donors (Lipinski definition) is 1. The van der Waals surface area contributed by atoms with E-state index in [9.17, 15) is 29.6 Å². The fourth-order valence-corrected chi connectivity index (χ4v) is 7.23. The van der Waals surface area contributed by atoms with Crippen LogP contribution in [0.5, 0.6) is 5.75 Å². The summed E-state index contributed by atoms with van der Waals surface area (Å²) in [7, 11) is 0. The lowest BCUT2D eigenvalue weighted by atomic mass is 9.92. The first kappa shape index (κ1) is 33.0. The summed E-state index contributed by atoms with van der Waals surface area (Å²) < 4.78 is 12.6. The number of carbonyl (C=O) groups is 3. The summed E-state index contributed by atoms with van der Waals surface area (Å²) in [6, 6.07) is 7.25. The Morgan fingerprint density at radius 1 is 1.22 bits per heavy atom. The van der Waals surface area contributed by atoms with Gasteiger partial charge >= 0.3 is 5.97 Å². The minimum Gasteiger partial charge on any atom is -0.456 e. The van der Waals surface area contributed by atoms with Crippen LogP contribution in [0.3, 0.4) is 0 Å². The molecule has 222 valence electrons. The van der Waals surface area contributed by atoms with Crippen LogP contribution in [0.1, 0.15) is 40.2 Å². The molecule has 1 aliphatic rings. The van der Waals surface area contributed by atoms with Crippen molar-refractivity contribution in [1.82, 2.24) is 4.90 Å². The third-order valence-electron chi connectivity index (χ3n) is 5.87. The van der Waals surface area contributed by atoms with E-state index in [4.69, 9.17) is 9.47 Å². The number of carbonyl (C=O) groups excluding carboxylic acids is 3. The SMILES string of the molecule is CCS[C@@H]1[C@@H]([C@@H](C)O)C(=O)N1C(C(=O)OCc1ccc([N+](=O)[O-])cc1)=C(Oc1ccsc1SC)SC(=O)C(C)(C)C. The highest BCUT2D eigenvalue weighted by Crippen LogP contribution is 2.45. The second-order valence-corrected chi connectivity index (χ2v) is 14.3. The van der Waals surface area contributed by atoms with Crippen LogP contribution in [0.15, 0.2) is 50.7 Å². The van der Waals surface area contributed by atoms with Crippen LogP contribution in [0.25, 0.3) is 0 Å². The van der Waals surface area contributed by atoms with Crippen LogP contribution in [-0.2, 0) is 25.7 Å². The van der Waals surface area contributed by atoms with Crippen molar-refractivity contribution in [3.63, 3.8) is 0 Å². The Kier molecular flexibility index (Phi) is 11.3. The highest BCUT2D eigenvalue weighted by Gasteiger charge is 2.54. The molecule has 1 aromatic heterocycles. The molecule has 2 heterocycles. The Hall–Kier alpha value is -2.52. The Bertz CT molecular complexity index is 1320. The van der Waals surface area contributed by atoms with Crippen molar-refractivity contribution in [3.8, 4) is 5.75 Å². The molecule has 1 amide bonds. The number of benzene rings is 1. The third-order valence-corrected chi connectivity index (χ3v) is 10.4. The third kappa shape index (κ3) is 7.86. The van der Waals surface area contributed by atoms with E-state index in [1.165, 1.54) is 70.9 Å². The first-order chi connectivity index (χ1) is 19.3. The van der Waals surface area contributed by atoms with Gasteiger partial charge in [0.25, 0.3) is 5.69 Å². The van der Waals surface area contributed by atoms with Gasteiger partial charge in [-0.05, 0) is 59.8 Å². The summed E-state index contributed by atoms with van der Waals surface area (Å²) in [5.41, 5.74) is -0.657. The number of β-lactam (4-membered cyclic amide) rings is 1. The lowest BCUT2D eigenvalue weighted by molar-refractivity contribution is -0.384. The molecule has 10 nitrogen and oxygen atoms in total. The standard InChI is InChI=1S/C27H32N2O8S4/c1-7-39-22-19(15(2)30)21(31)28(22)20(23(32)36-14-16-8-10-17(11-9-16)29(34)35)24(41-26(33)27(3,4)5)37-18-12-13-40-25(18)38-6/h8-13,15,19,22,30H,7,14H2,1-6H3/t15-,19+,22-/m1/s1. The molecule has 0 saturated carbocycles. The molecule has 1 aliphatic heterocycles. The number of rotatable bonds is 12. The van der Waals surface area contributed by atoms with E-state index < -0.39 is 39.6 Å². The number of ether oxygens (including phenoxy) is 2. The van der Waals surface area contributed by atoms with Crippen molar-refractivity contribution in [2.45, 2.75) is 56.9 Å². The number of non-ortho nitro benzene ring substituents is 1. The van der Waals surface area contributed by atoms with Crippen molar-refractivity contribution in [2.24, 2.45) is 11.3 Å². The number of likely N-dealkylation sites (tertiary alicyclic amines) is 1. The lowest BCUT2D eigenvalue weighted by Crippen LogP contribution is -2.63. The van der Waals surface area contributed by atoms with Gasteiger partial charge in [-0.2, -0.15) is 0 Å². The first-order valence-electron chi connectivity index (χ1n) is 12.6. The van der Waals surface area contributed by atoms with Gasteiger partial charge < -0.3 is 14.6 Å². The van der Waals surface area contributed by atoms with Crippen LogP contribution in [0, 0.1) is 21.4 Å². The number of nitro groups is 1. The topological polar surface area (TPSA) is 136 Å². The van der Waals surface area contributed by atoms with Crippen LogP contribution in [0.2, 0.25) is 0 Å². The van der Waals surface area contributed by atoms with Gasteiger partial charge in [-0.25, -0.2) is 4.79 Å². The zero-order valence-corrected chi connectivity index (χ0v) is 26.7. The molecular formula is C27H32N2O8S4. The highest BCUT2D eigenvalue weighted by atomic mass is 32.2. The Morgan fingerprint density at radius 3 is 2.41 bits per heavy atom. The predicted molar refractivity (Wildman–Crippen MR) is 163 cm³/mol. The first-order valence-corrected chi connectivity index (χ1v) is 16.6. The van der Waals surface area contributed by atoms with E-state index in [2.05, 4.69) is 0 Å².